The summed E-state index contributed by atoms with van der Waals surface area (Å²) in [5, 5.41) is 20.6. The maximum Gasteiger partial charge on any atom is 0.511 e. The van der Waals surface area contributed by atoms with Crippen molar-refractivity contribution in [3.8, 4) is 16.9 Å². The monoisotopic (exact) mass is 660 g/mol. The number of sulfonamides is 1. The third-order valence-corrected chi connectivity index (χ3v) is 7.52. The highest BCUT2D eigenvalue weighted by Gasteiger charge is 2.20. The van der Waals surface area contributed by atoms with Gasteiger partial charge in [0.1, 0.15) is 13.2 Å². The van der Waals surface area contributed by atoms with Crippen LogP contribution < -0.4 is 4.72 Å². The van der Waals surface area contributed by atoms with E-state index in [9.17, 15) is 28.0 Å². The summed E-state index contributed by atoms with van der Waals surface area (Å²) in [4.78, 5) is 40.2. The van der Waals surface area contributed by atoms with Gasteiger partial charge in [0.2, 0.25) is 11.2 Å². The Labute approximate surface area is 266 Å². The topological polar surface area (TPSA) is 194 Å². The van der Waals surface area contributed by atoms with Crippen molar-refractivity contribution in [1.29, 1.82) is 0 Å². The molecule has 0 saturated heterocycles. The zero-order valence-electron chi connectivity index (χ0n) is 26.0. The van der Waals surface area contributed by atoms with Gasteiger partial charge in [-0.25, -0.2) is 22.6 Å². The Kier molecular flexibility index (Phi) is 12.4. The summed E-state index contributed by atoms with van der Waals surface area (Å²) in [7, 11) is -2.88. The fourth-order valence-corrected chi connectivity index (χ4v) is 4.81. The molecular formula is C29H36N6O10S. The first-order valence-corrected chi connectivity index (χ1v) is 15.6. The number of carbonyl (C=O) groups is 3. The molecule has 0 aliphatic carbocycles. The first-order chi connectivity index (χ1) is 21.8. The zero-order valence-corrected chi connectivity index (χ0v) is 26.9. The number of nitrogens with one attached hydrogen (secondary N) is 1. The number of esters is 1. The number of amides is 1. The van der Waals surface area contributed by atoms with Crippen LogP contribution in [0.25, 0.3) is 16.9 Å². The van der Waals surface area contributed by atoms with Gasteiger partial charge in [0, 0.05) is 18.9 Å². The van der Waals surface area contributed by atoms with Crippen LogP contribution in [-0.2, 0) is 38.7 Å². The number of carbonyl (C=O) groups excluding carboxylic acids is 3. The number of nitrogens with zero attached hydrogens (tertiary/aromatic N) is 5. The minimum atomic E-state index is -4.21. The van der Waals surface area contributed by atoms with Gasteiger partial charge in [-0.2, -0.15) is 5.10 Å². The molecule has 1 heterocycles. The Morgan fingerprint density at radius 1 is 1.07 bits per heavy atom. The molecule has 1 atom stereocenters. The molecule has 3 rings (SSSR count). The molecule has 0 spiro atoms. The van der Waals surface area contributed by atoms with E-state index in [1.54, 1.807) is 23.7 Å². The summed E-state index contributed by atoms with van der Waals surface area (Å²) >= 11 is 0. The van der Waals surface area contributed by atoms with Crippen LogP contribution in [0.3, 0.4) is 0 Å². The fraction of sp³-hybridized carbons (Fsp3) is 0.379. The average Bonchev–Trinajstić information content (AvgIpc) is 3.40. The summed E-state index contributed by atoms with van der Waals surface area (Å²) in [6.07, 6.45) is -3.03. The molecule has 46 heavy (non-hydrogen) atoms. The molecule has 1 N–H and O–H groups in total. The van der Waals surface area contributed by atoms with Crippen LogP contribution in [0, 0.1) is 19.1 Å². The van der Waals surface area contributed by atoms with Crippen molar-refractivity contribution in [3.05, 3.63) is 71.1 Å². The molecule has 248 valence electrons. The molecular weight excluding hydrogens is 624 g/mol. The van der Waals surface area contributed by atoms with Gasteiger partial charge >= 0.3 is 12.1 Å². The first-order valence-electron chi connectivity index (χ1n) is 14.1. The van der Waals surface area contributed by atoms with Crippen molar-refractivity contribution >= 4 is 28.1 Å². The Morgan fingerprint density at radius 3 is 2.39 bits per heavy atom. The summed E-state index contributed by atoms with van der Waals surface area (Å²) < 4.78 is 43.5. The minimum Gasteiger partial charge on any atom is -0.569 e. The lowest BCUT2D eigenvalue weighted by atomic mass is 10.1. The number of aromatic nitrogens is 2. The van der Waals surface area contributed by atoms with Gasteiger partial charge in [0.25, 0.3) is 16.3 Å². The molecule has 0 fully saturated rings. The molecule has 0 radical (unpaired) electrons. The van der Waals surface area contributed by atoms with Crippen molar-refractivity contribution in [2.75, 3.05) is 26.8 Å². The smallest absolute Gasteiger partial charge is 0.511 e. The molecule has 0 bridgehead atoms. The third kappa shape index (κ3) is 10.5. The molecule has 0 aliphatic rings. The molecule has 1 amide bonds. The van der Waals surface area contributed by atoms with Gasteiger partial charge in [-0.1, -0.05) is 29.8 Å². The van der Waals surface area contributed by atoms with Crippen LogP contribution in [-0.4, -0.2) is 79.3 Å². The fourth-order valence-electron chi connectivity index (χ4n) is 3.80. The number of rotatable bonds is 15. The summed E-state index contributed by atoms with van der Waals surface area (Å²) in [6.45, 7) is 6.51. The van der Waals surface area contributed by atoms with Gasteiger partial charge in [0.15, 0.2) is 0 Å². The van der Waals surface area contributed by atoms with Crippen LogP contribution in [0.2, 0.25) is 0 Å². The Bertz CT molecular complexity index is 1640. The number of hydrogen-bond acceptors (Lipinski definition) is 12. The second kappa shape index (κ2) is 16.2. The summed E-state index contributed by atoms with van der Waals surface area (Å²) in [5.74, 6) is -1.69. The quantitative estimate of drug-likeness (QED) is 0.0820. The van der Waals surface area contributed by atoms with Crippen molar-refractivity contribution in [1.82, 2.24) is 19.5 Å². The predicted octanol–water partition coefficient (Wildman–Crippen LogP) is 3.54. The third-order valence-electron chi connectivity index (χ3n) is 6.13. The maximum atomic E-state index is 12.8. The predicted molar refractivity (Wildman–Crippen MR) is 161 cm³/mol. The maximum absolute atomic E-state index is 12.8. The van der Waals surface area contributed by atoms with Gasteiger partial charge in [-0.05, 0) is 51.1 Å². The number of ether oxygens (including phenoxy) is 3. The molecule has 3 aromatic rings. The Hall–Kier alpha value is -5.19. The highest BCUT2D eigenvalue weighted by atomic mass is 32.2. The first kappa shape index (κ1) is 35.3. The number of aryl methyl sites for hydroxylation is 2. The number of likely N-dealkylation sites (N-methyl/N-ethyl adjacent to an activating group) is 1. The van der Waals surface area contributed by atoms with Crippen LogP contribution in [0.1, 0.15) is 37.9 Å². The van der Waals surface area contributed by atoms with Gasteiger partial charge < -0.3 is 19.4 Å². The van der Waals surface area contributed by atoms with E-state index in [4.69, 9.17) is 9.57 Å². The highest BCUT2D eigenvalue weighted by molar-refractivity contribution is 7.90. The second-order valence-corrected chi connectivity index (χ2v) is 11.6. The Morgan fingerprint density at radius 2 is 1.74 bits per heavy atom. The van der Waals surface area contributed by atoms with E-state index in [0.717, 1.165) is 27.5 Å². The highest BCUT2D eigenvalue weighted by Crippen LogP contribution is 2.25. The average molecular weight is 661 g/mol. The second-order valence-electron chi connectivity index (χ2n) is 9.88. The molecule has 17 heteroatoms. The van der Waals surface area contributed by atoms with Crippen molar-refractivity contribution in [3.63, 3.8) is 0 Å². The van der Waals surface area contributed by atoms with E-state index in [0.29, 0.717) is 5.69 Å². The van der Waals surface area contributed by atoms with E-state index in [-0.39, 0.29) is 29.6 Å². The largest absolute Gasteiger partial charge is 0.569 e. The molecule has 16 nitrogen and oxygen atoms in total. The van der Waals surface area contributed by atoms with E-state index in [1.165, 1.54) is 26.1 Å². The summed E-state index contributed by atoms with van der Waals surface area (Å²) in [6, 6.07) is 15.7. The molecule has 0 saturated carbocycles. The number of hydrogen-bond donors (Lipinski definition) is 1. The number of hydrazine groups is 1. The van der Waals surface area contributed by atoms with E-state index in [1.807, 2.05) is 48.9 Å². The van der Waals surface area contributed by atoms with Crippen LogP contribution in [0.15, 0.2) is 64.8 Å². The van der Waals surface area contributed by atoms with Gasteiger partial charge in [-0.15, -0.1) is 5.01 Å². The lowest BCUT2D eigenvalue weighted by Gasteiger charge is -2.14. The Balaban J connectivity index is 1.45. The molecule has 0 aliphatic heterocycles. The van der Waals surface area contributed by atoms with Gasteiger partial charge in [-0.3, -0.25) is 14.4 Å². The van der Waals surface area contributed by atoms with E-state index in [2.05, 4.69) is 19.8 Å². The van der Waals surface area contributed by atoms with E-state index >= 15 is 0 Å². The lowest BCUT2D eigenvalue weighted by Crippen LogP contribution is -2.32. The lowest BCUT2D eigenvalue weighted by molar-refractivity contribution is -0.707. The van der Waals surface area contributed by atoms with Gasteiger partial charge in [0.05, 0.1) is 47.0 Å². The minimum absolute atomic E-state index is 0.0444. The van der Waals surface area contributed by atoms with Crippen LogP contribution >= 0.6 is 0 Å². The molecule has 1 unspecified atom stereocenters. The molecule has 1 aromatic heterocycles. The SMILES string of the molecule is CCOC(=O)OC(C)O/N=[N+](\[O-])N(C)CCOC(=O)CCC(=O)NS(=O)(=O)c1ccc(-n2nc(C)cc2-c2ccc(C)cc2)cc1. The van der Waals surface area contributed by atoms with Crippen LogP contribution in [0.5, 0.6) is 0 Å². The standard InChI is InChI=1S/C29H36N6O10S/c1-6-42-29(38)44-22(4)45-32-35(39)33(5)17-18-43-28(37)16-15-27(36)31-46(40,41)25-13-11-24(12-14-25)34-26(19-21(3)30-34)23-9-7-20(2)8-10-23/h7-14,19,22H,6,15-18H2,1-5H3,(H,31,36)/b35-32-. The van der Waals surface area contributed by atoms with Crippen LogP contribution in [0.4, 0.5) is 4.79 Å². The summed E-state index contributed by atoms with van der Waals surface area (Å²) in [5.41, 5.74) is 4.31. The zero-order chi connectivity index (χ0) is 33.9. The van der Waals surface area contributed by atoms with Crippen molar-refractivity contribution in [2.24, 2.45) is 5.28 Å². The normalized spacial score (nSPS) is 12.2. The number of benzene rings is 2. The van der Waals surface area contributed by atoms with E-state index < -0.39 is 47.2 Å². The van der Waals surface area contributed by atoms with Crippen molar-refractivity contribution in [2.45, 2.75) is 51.7 Å². The van der Waals surface area contributed by atoms with Crippen molar-refractivity contribution < 1.29 is 46.8 Å². The molecule has 2 aromatic carbocycles.